The lowest BCUT2D eigenvalue weighted by molar-refractivity contribution is -0.146. The molecular formula is C16H26N2O4. The van der Waals surface area contributed by atoms with E-state index in [4.69, 9.17) is 5.11 Å². The van der Waals surface area contributed by atoms with Gasteiger partial charge in [0, 0.05) is 19.5 Å². The molecule has 2 N–H and O–H groups in total. The lowest BCUT2D eigenvalue weighted by Crippen LogP contribution is -2.46. The summed E-state index contributed by atoms with van der Waals surface area (Å²) in [6, 6.07) is 0. The van der Waals surface area contributed by atoms with E-state index >= 15 is 0 Å². The Morgan fingerprint density at radius 2 is 1.77 bits per heavy atom. The number of carboxylic acid groups (broad SMARTS) is 1. The number of hydrogen-bond donors (Lipinski definition) is 2. The molecule has 2 rings (SSSR count). The Morgan fingerprint density at radius 1 is 1.05 bits per heavy atom. The Labute approximate surface area is 131 Å². The Morgan fingerprint density at radius 3 is 2.45 bits per heavy atom. The van der Waals surface area contributed by atoms with Crippen LogP contribution in [0.3, 0.4) is 0 Å². The number of hydrogen-bond acceptors (Lipinski definition) is 3. The van der Waals surface area contributed by atoms with Crippen LogP contribution >= 0.6 is 0 Å². The molecule has 1 atom stereocenters. The van der Waals surface area contributed by atoms with E-state index < -0.39 is 11.9 Å². The zero-order chi connectivity index (χ0) is 15.9. The third-order valence-electron chi connectivity index (χ3n) is 4.76. The number of carbonyl (C=O) groups excluding carboxylic acids is 2. The van der Waals surface area contributed by atoms with E-state index in [1.165, 1.54) is 19.3 Å². The highest BCUT2D eigenvalue weighted by molar-refractivity contribution is 5.85. The first-order valence-corrected chi connectivity index (χ1v) is 8.33. The molecule has 6 nitrogen and oxygen atoms in total. The average molecular weight is 310 g/mol. The molecule has 2 fully saturated rings. The van der Waals surface area contributed by atoms with Gasteiger partial charge in [0.15, 0.2) is 0 Å². The highest BCUT2D eigenvalue weighted by atomic mass is 16.4. The summed E-state index contributed by atoms with van der Waals surface area (Å²) in [6.07, 6.45) is 7.69. The molecule has 22 heavy (non-hydrogen) atoms. The molecule has 1 saturated heterocycles. The van der Waals surface area contributed by atoms with Gasteiger partial charge in [-0.05, 0) is 31.6 Å². The smallest absolute Gasteiger partial charge is 0.308 e. The first kappa shape index (κ1) is 16.8. The number of likely N-dealkylation sites (tertiary alicyclic amines) is 1. The van der Waals surface area contributed by atoms with Gasteiger partial charge in [-0.25, -0.2) is 0 Å². The normalized spacial score (nSPS) is 23.1. The largest absolute Gasteiger partial charge is 0.481 e. The van der Waals surface area contributed by atoms with Crippen LogP contribution in [-0.4, -0.2) is 47.4 Å². The molecule has 1 heterocycles. The number of carbonyl (C=O) groups is 3. The fourth-order valence-corrected chi connectivity index (χ4v) is 3.42. The monoisotopic (exact) mass is 310 g/mol. The Balaban J connectivity index is 1.70. The van der Waals surface area contributed by atoms with Gasteiger partial charge >= 0.3 is 5.97 Å². The summed E-state index contributed by atoms with van der Waals surface area (Å²) in [6.45, 7) is 0.825. The second-order valence-electron chi connectivity index (χ2n) is 6.50. The van der Waals surface area contributed by atoms with Gasteiger partial charge in [0.2, 0.25) is 11.8 Å². The predicted octanol–water partition coefficient (Wildman–Crippen LogP) is 1.40. The summed E-state index contributed by atoms with van der Waals surface area (Å²) in [5.74, 6) is -1.11. The molecule has 0 radical (unpaired) electrons. The van der Waals surface area contributed by atoms with E-state index in [0.717, 1.165) is 12.8 Å². The minimum Gasteiger partial charge on any atom is -0.481 e. The van der Waals surface area contributed by atoms with Crippen LogP contribution in [0.15, 0.2) is 0 Å². The lowest BCUT2D eigenvalue weighted by Gasteiger charge is -2.30. The third kappa shape index (κ3) is 5.00. The van der Waals surface area contributed by atoms with Crippen LogP contribution in [0.1, 0.15) is 51.4 Å². The number of amides is 2. The van der Waals surface area contributed by atoms with E-state index in [2.05, 4.69) is 5.32 Å². The maximum atomic E-state index is 12.1. The fraction of sp³-hybridized carbons (Fsp3) is 0.812. The van der Waals surface area contributed by atoms with Crippen LogP contribution in [0.25, 0.3) is 0 Å². The minimum atomic E-state index is -0.848. The lowest BCUT2D eigenvalue weighted by atomic mass is 9.87. The summed E-state index contributed by atoms with van der Waals surface area (Å²) in [5.41, 5.74) is 0. The van der Waals surface area contributed by atoms with Gasteiger partial charge in [0.25, 0.3) is 0 Å². The molecule has 0 aromatic carbocycles. The average Bonchev–Trinajstić information content (AvgIpc) is 2.53. The summed E-state index contributed by atoms with van der Waals surface area (Å²) in [7, 11) is 0. The van der Waals surface area contributed by atoms with Gasteiger partial charge < -0.3 is 15.3 Å². The van der Waals surface area contributed by atoms with E-state index in [0.29, 0.717) is 31.7 Å². The molecule has 1 aliphatic carbocycles. The quantitative estimate of drug-likeness (QED) is 0.803. The van der Waals surface area contributed by atoms with Crippen molar-refractivity contribution in [2.75, 3.05) is 19.6 Å². The molecule has 2 aliphatic rings. The number of rotatable bonds is 5. The molecule has 0 unspecified atom stereocenters. The maximum absolute atomic E-state index is 12.1. The number of carboxylic acids is 1. The van der Waals surface area contributed by atoms with Crippen molar-refractivity contribution in [1.29, 1.82) is 0 Å². The molecule has 2 amide bonds. The second-order valence-corrected chi connectivity index (χ2v) is 6.50. The van der Waals surface area contributed by atoms with Crippen molar-refractivity contribution in [2.45, 2.75) is 51.4 Å². The van der Waals surface area contributed by atoms with Crippen LogP contribution < -0.4 is 5.32 Å². The van der Waals surface area contributed by atoms with Gasteiger partial charge in [0.1, 0.15) is 0 Å². The highest BCUT2D eigenvalue weighted by Gasteiger charge is 2.28. The molecule has 0 aromatic heterocycles. The summed E-state index contributed by atoms with van der Waals surface area (Å²) < 4.78 is 0. The number of nitrogens with one attached hydrogen (secondary N) is 1. The van der Waals surface area contributed by atoms with Crippen LogP contribution in [0.5, 0.6) is 0 Å². The second kappa shape index (κ2) is 8.15. The molecule has 124 valence electrons. The van der Waals surface area contributed by atoms with Crippen molar-refractivity contribution in [2.24, 2.45) is 11.8 Å². The number of nitrogens with zero attached hydrogens (tertiary/aromatic N) is 1. The van der Waals surface area contributed by atoms with Crippen LogP contribution in [0, 0.1) is 11.8 Å². The van der Waals surface area contributed by atoms with E-state index in [9.17, 15) is 14.4 Å². The molecule has 0 spiro atoms. The molecular weight excluding hydrogens is 284 g/mol. The van der Waals surface area contributed by atoms with Crippen molar-refractivity contribution < 1.29 is 19.5 Å². The minimum absolute atomic E-state index is 0.0160. The summed E-state index contributed by atoms with van der Waals surface area (Å²) in [5, 5.41) is 11.7. The third-order valence-corrected chi connectivity index (χ3v) is 4.76. The number of piperidine rings is 1. The molecule has 6 heteroatoms. The van der Waals surface area contributed by atoms with E-state index in [1.54, 1.807) is 4.90 Å². The zero-order valence-corrected chi connectivity index (χ0v) is 13.1. The predicted molar refractivity (Wildman–Crippen MR) is 81.1 cm³/mol. The highest BCUT2D eigenvalue weighted by Crippen LogP contribution is 2.26. The first-order valence-electron chi connectivity index (χ1n) is 8.33. The van der Waals surface area contributed by atoms with E-state index in [-0.39, 0.29) is 24.9 Å². The van der Waals surface area contributed by atoms with Crippen LogP contribution in [0.4, 0.5) is 0 Å². The van der Waals surface area contributed by atoms with Crippen molar-refractivity contribution >= 4 is 17.8 Å². The van der Waals surface area contributed by atoms with Gasteiger partial charge in [-0.1, -0.05) is 19.3 Å². The molecule has 1 aliphatic heterocycles. The van der Waals surface area contributed by atoms with E-state index in [1.807, 2.05) is 0 Å². The molecule has 0 aromatic rings. The zero-order valence-electron chi connectivity index (χ0n) is 13.1. The summed E-state index contributed by atoms with van der Waals surface area (Å²) in [4.78, 5) is 36.5. The van der Waals surface area contributed by atoms with Gasteiger partial charge in [-0.2, -0.15) is 0 Å². The van der Waals surface area contributed by atoms with Crippen LogP contribution in [-0.2, 0) is 14.4 Å². The molecule has 1 saturated carbocycles. The fourth-order valence-electron chi connectivity index (χ4n) is 3.42. The van der Waals surface area contributed by atoms with Crippen molar-refractivity contribution in [3.8, 4) is 0 Å². The van der Waals surface area contributed by atoms with Crippen molar-refractivity contribution in [3.63, 3.8) is 0 Å². The molecule has 0 bridgehead atoms. The Bertz CT molecular complexity index is 418. The van der Waals surface area contributed by atoms with Gasteiger partial charge in [-0.3, -0.25) is 14.4 Å². The maximum Gasteiger partial charge on any atom is 0.308 e. The van der Waals surface area contributed by atoms with Crippen LogP contribution in [0.2, 0.25) is 0 Å². The summed E-state index contributed by atoms with van der Waals surface area (Å²) >= 11 is 0. The van der Waals surface area contributed by atoms with Gasteiger partial charge in [0.05, 0.1) is 12.5 Å². The topological polar surface area (TPSA) is 86.7 Å². The Hall–Kier alpha value is -1.59. The van der Waals surface area contributed by atoms with Crippen molar-refractivity contribution in [1.82, 2.24) is 10.2 Å². The Kier molecular flexibility index (Phi) is 6.21. The number of aliphatic carboxylic acids is 1. The van der Waals surface area contributed by atoms with Crippen molar-refractivity contribution in [3.05, 3.63) is 0 Å². The SMILES string of the molecule is O=C(CC1CCCCC1)NCC(=O)N1CCC[C@@H](C(=O)O)C1. The first-order chi connectivity index (χ1) is 10.6. The van der Waals surface area contributed by atoms with Gasteiger partial charge in [-0.15, -0.1) is 0 Å². The standard InChI is InChI=1S/C16H26N2O4/c19-14(9-12-5-2-1-3-6-12)17-10-15(20)18-8-4-7-13(11-18)16(21)22/h12-13H,1-11H2,(H,17,19)(H,21,22)/t13-/m1/s1.